The van der Waals surface area contributed by atoms with Crippen molar-refractivity contribution in [2.45, 2.75) is 13.3 Å². The zero-order chi connectivity index (χ0) is 9.68. The first-order valence-corrected chi connectivity index (χ1v) is 4.82. The summed E-state index contributed by atoms with van der Waals surface area (Å²) in [5.74, 6) is 0.261. The second-order valence-corrected chi connectivity index (χ2v) is 3.42. The van der Waals surface area contributed by atoms with E-state index in [9.17, 15) is 0 Å². The zero-order valence-corrected chi connectivity index (χ0v) is 8.97. The summed E-state index contributed by atoms with van der Waals surface area (Å²) in [5, 5.41) is 7.41. The number of rotatable bonds is 3. The Balaban J connectivity index is 2.54. The van der Waals surface area contributed by atoms with Crippen LogP contribution >= 0.6 is 15.9 Å². The van der Waals surface area contributed by atoms with E-state index in [1.54, 1.807) is 6.20 Å². The fraction of sp³-hybridized carbons (Fsp3) is 0.333. The molecule has 1 heterocycles. The molecule has 1 aromatic rings. The Kier molecular flexibility index (Phi) is 3.89. The van der Waals surface area contributed by atoms with Gasteiger partial charge in [-0.25, -0.2) is 0 Å². The highest BCUT2D eigenvalue weighted by Gasteiger charge is 2.00. The van der Waals surface area contributed by atoms with Crippen molar-refractivity contribution < 1.29 is 4.74 Å². The Morgan fingerprint density at radius 3 is 2.92 bits per heavy atom. The molecule has 1 N–H and O–H groups in total. The number of ether oxygens (including phenoxy) is 1. The Morgan fingerprint density at radius 2 is 2.38 bits per heavy atom. The van der Waals surface area contributed by atoms with Crippen LogP contribution in [0.5, 0.6) is 0 Å². The molecule has 0 aliphatic rings. The number of halogens is 1. The third-order valence-electron chi connectivity index (χ3n) is 1.45. The summed E-state index contributed by atoms with van der Waals surface area (Å²) < 4.78 is 5.95. The van der Waals surface area contributed by atoms with Gasteiger partial charge in [0.25, 0.3) is 0 Å². The highest BCUT2D eigenvalue weighted by molar-refractivity contribution is 9.10. The molecule has 0 bridgehead atoms. The van der Waals surface area contributed by atoms with Crippen molar-refractivity contribution in [1.82, 2.24) is 4.98 Å². The van der Waals surface area contributed by atoms with Crippen molar-refractivity contribution in [3.63, 3.8) is 0 Å². The number of hydrogen-bond donors (Lipinski definition) is 1. The van der Waals surface area contributed by atoms with E-state index in [-0.39, 0.29) is 5.90 Å². The lowest BCUT2D eigenvalue weighted by Crippen LogP contribution is -2.07. The molecule has 0 aliphatic carbocycles. The van der Waals surface area contributed by atoms with Gasteiger partial charge in [-0.05, 0) is 35.0 Å². The molecule has 0 fully saturated rings. The van der Waals surface area contributed by atoms with E-state index in [1.807, 2.05) is 19.1 Å². The summed E-state index contributed by atoms with van der Waals surface area (Å²) in [6, 6.07) is 3.78. The zero-order valence-electron chi connectivity index (χ0n) is 7.38. The third kappa shape index (κ3) is 3.55. The normalized spacial score (nSPS) is 9.69. The number of pyridine rings is 1. The smallest absolute Gasteiger partial charge is 0.186 e. The number of hydrogen-bond acceptors (Lipinski definition) is 3. The molecule has 13 heavy (non-hydrogen) atoms. The van der Waals surface area contributed by atoms with Gasteiger partial charge < -0.3 is 4.74 Å². The maximum absolute atomic E-state index is 7.41. The second-order valence-electron chi connectivity index (χ2n) is 2.50. The SMILES string of the molecule is CCOC(=N)Cc1ccc(Br)cn1. The molecule has 70 valence electrons. The van der Waals surface area contributed by atoms with E-state index in [0.29, 0.717) is 13.0 Å². The first kappa shape index (κ1) is 10.2. The number of nitrogens with zero attached hydrogens (tertiary/aromatic N) is 1. The lowest BCUT2D eigenvalue weighted by Gasteiger charge is -2.03. The van der Waals surface area contributed by atoms with Crippen LogP contribution < -0.4 is 0 Å². The van der Waals surface area contributed by atoms with Crippen molar-refractivity contribution in [2.75, 3.05) is 6.61 Å². The monoisotopic (exact) mass is 242 g/mol. The Labute approximate surface area is 85.8 Å². The highest BCUT2D eigenvalue weighted by Crippen LogP contribution is 2.07. The van der Waals surface area contributed by atoms with E-state index in [2.05, 4.69) is 20.9 Å². The number of aromatic nitrogens is 1. The largest absolute Gasteiger partial charge is 0.481 e. The lowest BCUT2D eigenvalue weighted by molar-refractivity contribution is 0.316. The van der Waals surface area contributed by atoms with E-state index in [1.165, 1.54) is 0 Å². The van der Waals surface area contributed by atoms with Crippen LogP contribution in [0.3, 0.4) is 0 Å². The van der Waals surface area contributed by atoms with Crippen molar-refractivity contribution in [2.24, 2.45) is 0 Å². The molecular formula is C9H11BrN2O. The van der Waals surface area contributed by atoms with Gasteiger partial charge in [0.05, 0.1) is 13.0 Å². The summed E-state index contributed by atoms with van der Waals surface area (Å²) in [7, 11) is 0. The first-order chi connectivity index (χ1) is 6.22. The molecule has 0 spiro atoms. The van der Waals surface area contributed by atoms with Crippen molar-refractivity contribution in [3.8, 4) is 0 Å². The topological polar surface area (TPSA) is 46.0 Å². The summed E-state index contributed by atoms with van der Waals surface area (Å²) >= 11 is 3.29. The molecule has 0 aromatic carbocycles. The van der Waals surface area contributed by atoms with E-state index >= 15 is 0 Å². The molecule has 3 nitrogen and oxygen atoms in total. The van der Waals surface area contributed by atoms with Gasteiger partial charge in [-0.2, -0.15) is 0 Å². The molecule has 0 radical (unpaired) electrons. The van der Waals surface area contributed by atoms with Gasteiger partial charge in [-0.15, -0.1) is 0 Å². The quantitative estimate of drug-likeness (QED) is 0.654. The standard InChI is InChI=1S/C9H11BrN2O/c1-2-13-9(11)5-8-4-3-7(10)6-12-8/h3-4,6,11H,2,5H2,1H3. The molecule has 0 saturated heterocycles. The summed E-state index contributed by atoms with van der Waals surface area (Å²) in [5.41, 5.74) is 0.849. The van der Waals surface area contributed by atoms with Crippen LogP contribution in [0.4, 0.5) is 0 Å². The van der Waals surface area contributed by atoms with Gasteiger partial charge in [-0.3, -0.25) is 10.4 Å². The van der Waals surface area contributed by atoms with Crippen molar-refractivity contribution >= 4 is 21.8 Å². The highest BCUT2D eigenvalue weighted by atomic mass is 79.9. The van der Waals surface area contributed by atoms with Crippen LogP contribution in [0.2, 0.25) is 0 Å². The predicted molar refractivity (Wildman–Crippen MR) is 55.0 cm³/mol. The van der Waals surface area contributed by atoms with Crippen LogP contribution in [0, 0.1) is 5.41 Å². The number of nitrogens with one attached hydrogen (secondary N) is 1. The molecule has 0 amide bonds. The van der Waals surface area contributed by atoms with Crippen LogP contribution in [0.1, 0.15) is 12.6 Å². The van der Waals surface area contributed by atoms with Gasteiger partial charge in [-0.1, -0.05) is 0 Å². The molecule has 0 saturated carbocycles. The van der Waals surface area contributed by atoms with E-state index in [0.717, 1.165) is 10.2 Å². The Bertz CT molecular complexity index is 284. The second kappa shape index (κ2) is 4.97. The summed E-state index contributed by atoms with van der Waals surface area (Å²) in [4.78, 5) is 4.13. The molecule has 4 heteroatoms. The summed E-state index contributed by atoms with van der Waals surface area (Å²) in [6.07, 6.45) is 2.18. The Morgan fingerprint density at radius 1 is 1.62 bits per heavy atom. The van der Waals surface area contributed by atoms with E-state index < -0.39 is 0 Å². The minimum Gasteiger partial charge on any atom is -0.481 e. The van der Waals surface area contributed by atoms with Gasteiger partial charge in [0.1, 0.15) is 0 Å². The summed E-state index contributed by atoms with van der Waals surface area (Å²) in [6.45, 7) is 2.40. The average molecular weight is 243 g/mol. The minimum atomic E-state index is 0.261. The van der Waals surface area contributed by atoms with Crippen LogP contribution in [0.25, 0.3) is 0 Å². The van der Waals surface area contributed by atoms with E-state index in [4.69, 9.17) is 10.1 Å². The molecule has 1 aromatic heterocycles. The van der Waals surface area contributed by atoms with Gasteiger partial charge in [0.2, 0.25) is 0 Å². The van der Waals surface area contributed by atoms with Crippen molar-refractivity contribution in [3.05, 3.63) is 28.5 Å². The first-order valence-electron chi connectivity index (χ1n) is 4.03. The molecular weight excluding hydrogens is 232 g/mol. The predicted octanol–water partition coefficient (Wildman–Crippen LogP) is 2.40. The minimum absolute atomic E-state index is 0.261. The molecule has 1 rings (SSSR count). The Hall–Kier alpha value is -0.900. The average Bonchev–Trinajstić information content (AvgIpc) is 2.09. The molecule has 0 aliphatic heterocycles. The van der Waals surface area contributed by atoms with Crippen LogP contribution in [-0.4, -0.2) is 17.5 Å². The lowest BCUT2D eigenvalue weighted by atomic mass is 10.3. The fourth-order valence-corrected chi connectivity index (χ4v) is 1.14. The third-order valence-corrected chi connectivity index (χ3v) is 1.92. The maximum atomic E-state index is 7.41. The van der Waals surface area contributed by atoms with Crippen LogP contribution in [0.15, 0.2) is 22.8 Å². The van der Waals surface area contributed by atoms with Crippen LogP contribution in [-0.2, 0) is 11.2 Å². The van der Waals surface area contributed by atoms with Gasteiger partial charge >= 0.3 is 0 Å². The van der Waals surface area contributed by atoms with Crippen molar-refractivity contribution in [1.29, 1.82) is 5.41 Å². The van der Waals surface area contributed by atoms with Gasteiger partial charge in [0.15, 0.2) is 5.90 Å². The maximum Gasteiger partial charge on any atom is 0.186 e. The molecule has 0 unspecified atom stereocenters. The molecule has 0 atom stereocenters. The fourth-order valence-electron chi connectivity index (χ4n) is 0.901. The van der Waals surface area contributed by atoms with Gasteiger partial charge in [0, 0.05) is 16.4 Å².